The van der Waals surface area contributed by atoms with Crippen molar-refractivity contribution in [2.24, 2.45) is 15.3 Å². The van der Waals surface area contributed by atoms with E-state index >= 15 is 0 Å². The lowest BCUT2D eigenvalue weighted by Crippen LogP contribution is -1.95. The number of benzene rings is 2. The number of nitrogens with one attached hydrogen (secondary N) is 1. The van der Waals surface area contributed by atoms with E-state index in [2.05, 4.69) is 20.8 Å². The zero-order valence-corrected chi connectivity index (χ0v) is 15.0. The second kappa shape index (κ2) is 8.73. The van der Waals surface area contributed by atoms with Crippen molar-refractivity contribution in [2.75, 3.05) is 19.6 Å². The smallest absolute Gasteiger partial charge is 0.260 e. The molecule has 0 amide bonds. The van der Waals surface area contributed by atoms with Crippen molar-refractivity contribution < 1.29 is 9.47 Å². The van der Waals surface area contributed by atoms with Crippen molar-refractivity contribution in [2.45, 2.75) is 0 Å². The van der Waals surface area contributed by atoms with Gasteiger partial charge in [-0.1, -0.05) is 23.2 Å². The molecule has 0 aliphatic rings. The molecule has 0 aromatic heterocycles. The molecule has 6 nitrogen and oxygen atoms in total. The molecule has 0 unspecified atom stereocenters. The van der Waals surface area contributed by atoms with E-state index in [9.17, 15) is 0 Å². The lowest BCUT2D eigenvalue weighted by atomic mass is 10.3. The fourth-order valence-corrected chi connectivity index (χ4v) is 2.15. The van der Waals surface area contributed by atoms with Gasteiger partial charge in [0, 0.05) is 10.0 Å². The van der Waals surface area contributed by atoms with Crippen molar-refractivity contribution in [3.8, 4) is 11.5 Å². The maximum Gasteiger partial charge on any atom is 0.260 e. The number of hydrazone groups is 1. The third kappa shape index (κ3) is 4.99. The average Bonchev–Trinajstić information content (AvgIpc) is 2.58. The van der Waals surface area contributed by atoms with E-state index in [0.717, 1.165) is 0 Å². The normalized spacial score (nSPS) is 11.6. The minimum absolute atomic E-state index is 0.126. The van der Waals surface area contributed by atoms with E-state index in [0.29, 0.717) is 32.9 Å². The molecule has 0 atom stereocenters. The summed E-state index contributed by atoms with van der Waals surface area (Å²) in [6, 6.07) is 10.0. The molecule has 0 aliphatic carbocycles. The van der Waals surface area contributed by atoms with Crippen molar-refractivity contribution in [3.63, 3.8) is 0 Å². The highest BCUT2D eigenvalue weighted by Crippen LogP contribution is 2.31. The summed E-state index contributed by atoms with van der Waals surface area (Å²) in [6.45, 7) is 0. The Balaban J connectivity index is 2.15. The van der Waals surface area contributed by atoms with E-state index in [1.807, 2.05) is 0 Å². The molecule has 9 heteroatoms. The highest BCUT2D eigenvalue weighted by atomic mass is 35.5. The molecule has 2 rings (SSSR count). The molecule has 24 heavy (non-hydrogen) atoms. The average molecular weight is 388 g/mol. The van der Waals surface area contributed by atoms with Gasteiger partial charge in [0.2, 0.25) is 0 Å². The Kier molecular flexibility index (Phi) is 6.66. The number of azo groups is 1. The first-order chi connectivity index (χ1) is 11.5. The van der Waals surface area contributed by atoms with E-state index < -0.39 is 0 Å². The van der Waals surface area contributed by atoms with E-state index in [-0.39, 0.29) is 5.29 Å². The SMILES string of the molecule is COc1ccc(Cl)cc1N=N/C(Cl)=N\Nc1cc(Cl)ccc1OC. The maximum atomic E-state index is 5.93. The van der Waals surface area contributed by atoms with Crippen LogP contribution in [-0.2, 0) is 0 Å². The van der Waals surface area contributed by atoms with Crippen LogP contribution in [0.25, 0.3) is 0 Å². The number of halogens is 3. The molecule has 0 radical (unpaired) electrons. The fraction of sp³-hybridized carbons (Fsp3) is 0.133. The molecular weight excluding hydrogens is 375 g/mol. The molecule has 126 valence electrons. The molecular formula is C15H13Cl3N4O2. The Hall–Kier alpha value is -2.02. The van der Waals surface area contributed by atoms with Crippen LogP contribution in [0.1, 0.15) is 0 Å². The van der Waals surface area contributed by atoms with Crippen LogP contribution in [0.4, 0.5) is 11.4 Å². The maximum absolute atomic E-state index is 5.93. The van der Waals surface area contributed by atoms with Crippen molar-refractivity contribution in [1.29, 1.82) is 0 Å². The van der Waals surface area contributed by atoms with Crippen LogP contribution < -0.4 is 14.9 Å². The largest absolute Gasteiger partial charge is 0.495 e. The Labute approximate surface area is 154 Å². The standard InChI is InChI=1S/C15H13Cl3N4O2/c1-23-13-5-3-9(16)7-11(13)19-21-15(18)22-20-12-8-10(17)4-6-14(12)24-2/h3-8,19H,1-2H3/b21-15-,22-20?. The van der Waals surface area contributed by atoms with Gasteiger partial charge in [-0.15, -0.1) is 15.3 Å². The molecule has 0 bridgehead atoms. The first-order valence-corrected chi connectivity index (χ1v) is 7.75. The molecule has 0 spiro atoms. The Morgan fingerprint density at radius 3 is 2.25 bits per heavy atom. The summed E-state index contributed by atoms with van der Waals surface area (Å²) >= 11 is 17.8. The lowest BCUT2D eigenvalue weighted by Gasteiger charge is -2.07. The number of ether oxygens (including phenoxy) is 2. The third-order valence-electron chi connectivity index (χ3n) is 2.81. The van der Waals surface area contributed by atoms with Gasteiger partial charge >= 0.3 is 0 Å². The summed E-state index contributed by atoms with van der Waals surface area (Å²) in [6.07, 6.45) is 0. The van der Waals surface area contributed by atoms with Gasteiger partial charge in [0.15, 0.2) is 0 Å². The quantitative estimate of drug-likeness (QED) is 0.235. The molecule has 0 fully saturated rings. The minimum Gasteiger partial charge on any atom is -0.495 e. The van der Waals surface area contributed by atoms with Gasteiger partial charge in [0.25, 0.3) is 5.29 Å². The molecule has 0 saturated heterocycles. The zero-order valence-electron chi connectivity index (χ0n) is 12.8. The fourth-order valence-electron chi connectivity index (χ4n) is 1.73. The van der Waals surface area contributed by atoms with Crippen LogP contribution in [0.5, 0.6) is 11.5 Å². The van der Waals surface area contributed by atoms with Crippen molar-refractivity contribution in [3.05, 3.63) is 46.4 Å². The number of amidine groups is 1. The third-order valence-corrected chi connectivity index (χ3v) is 3.44. The van der Waals surface area contributed by atoms with Gasteiger partial charge in [-0.05, 0) is 48.0 Å². The second-order valence-electron chi connectivity index (χ2n) is 4.35. The number of nitrogens with zero attached hydrogens (tertiary/aromatic N) is 3. The van der Waals surface area contributed by atoms with Gasteiger partial charge in [0.1, 0.15) is 17.2 Å². The number of anilines is 1. The molecule has 2 aromatic rings. The summed E-state index contributed by atoms with van der Waals surface area (Å²) in [4.78, 5) is 0. The molecule has 2 aromatic carbocycles. The number of methoxy groups -OCH3 is 2. The van der Waals surface area contributed by atoms with Gasteiger partial charge in [-0.3, -0.25) is 5.43 Å². The number of hydrogen-bond acceptors (Lipinski definition) is 5. The summed E-state index contributed by atoms with van der Waals surface area (Å²) in [5.74, 6) is 1.07. The molecule has 0 heterocycles. The summed E-state index contributed by atoms with van der Waals surface area (Å²) in [5.41, 5.74) is 3.69. The second-order valence-corrected chi connectivity index (χ2v) is 5.56. The van der Waals surface area contributed by atoms with E-state index in [1.165, 1.54) is 14.2 Å². The van der Waals surface area contributed by atoms with Crippen LogP contribution >= 0.6 is 34.8 Å². The van der Waals surface area contributed by atoms with Crippen LogP contribution in [0.15, 0.2) is 51.7 Å². The lowest BCUT2D eigenvalue weighted by molar-refractivity contribution is 0.416. The van der Waals surface area contributed by atoms with Gasteiger partial charge in [-0.2, -0.15) is 0 Å². The number of hydrogen-bond donors (Lipinski definition) is 1. The van der Waals surface area contributed by atoms with Gasteiger partial charge in [0.05, 0.1) is 19.9 Å². The molecule has 0 aliphatic heterocycles. The van der Waals surface area contributed by atoms with Crippen LogP contribution in [0.3, 0.4) is 0 Å². The topological polar surface area (TPSA) is 67.6 Å². The molecule has 1 N–H and O–H groups in total. The predicted octanol–water partition coefficient (Wildman–Crippen LogP) is 5.72. The Bertz CT molecular complexity index is 781. The Morgan fingerprint density at radius 1 is 0.958 bits per heavy atom. The van der Waals surface area contributed by atoms with Gasteiger partial charge < -0.3 is 9.47 Å². The predicted molar refractivity (Wildman–Crippen MR) is 97.4 cm³/mol. The summed E-state index contributed by atoms with van der Waals surface area (Å²) < 4.78 is 10.3. The van der Waals surface area contributed by atoms with Crippen LogP contribution in [0.2, 0.25) is 10.0 Å². The summed E-state index contributed by atoms with van der Waals surface area (Å²) in [5, 5.41) is 12.6. The Morgan fingerprint density at radius 2 is 1.58 bits per heavy atom. The van der Waals surface area contributed by atoms with Crippen LogP contribution in [-0.4, -0.2) is 19.5 Å². The first-order valence-electron chi connectivity index (χ1n) is 6.61. The number of rotatable bonds is 5. The highest BCUT2D eigenvalue weighted by Gasteiger charge is 2.05. The molecule has 0 saturated carbocycles. The zero-order chi connectivity index (χ0) is 17.5. The first kappa shape index (κ1) is 18.3. The van der Waals surface area contributed by atoms with Crippen molar-refractivity contribution >= 4 is 51.5 Å². The van der Waals surface area contributed by atoms with E-state index in [1.54, 1.807) is 36.4 Å². The summed E-state index contributed by atoms with van der Waals surface area (Å²) in [7, 11) is 3.05. The van der Waals surface area contributed by atoms with Gasteiger partial charge in [-0.25, -0.2) is 0 Å². The highest BCUT2D eigenvalue weighted by molar-refractivity contribution is 6.65. The van der Waals surface area contributed by atoms with Crippen LogP contribution in [0, 0.1) is 0 Å². The minimum atomic E-state index is -0.126. The van der Waals surface area contributed by atoms with E-state index in [4.69, 9.17) is 44.3 Å². The monoisotopic (exact) mass is 386 g/mol. The van der Waals surface area contributed by atoms with Crippen molar-refractivity contribution in [1.82, 2.24) is 0 Å².